The lowest BCUT2D eigenvalue weighted by molar-refractivity contribution is -0.153. The quantitative estimate of drug-likeness (QED) is 0.234. The molecule has 1 rings (SSSR count). The van der Waals surface area contributed by atoms with Crippen molar-refractivity contribution in [3.05, 3.63) is 0 Å². The van der Waals surface area contributed by atoms with E-state index in [1.165, 1.54) is 11.8 Å². The van der Waals surface area contributed by atoms with Gasteiger partial charge in [-0.3, -0.25) is 9.59 Å². The largest absolute Gasteiger partial charge is 0.480 e. The Hall–Kier alpha value is -1.24. The third kappa shape index (κ3) is 5.63. The van der Waals surface area contributed by atoms with Crippen LogP contribution in [0.15, 0.2) is 0 Å². The highest BCUT2D eigenvalue weighted by Crippen LogP contribution is 2.28. The summed E-state index contributed by atoms with van der Waals surface area (Å²) in [7, 11) is 1.56. The number of ketones is 1. The molecule has 150 valence electrons. The Labute approximate surface area is 155 Å². The van der Waals surface area contributed by atoms with Gasteiger partial charge < -0.3 is 35.8 Å². The van der Waals surface area contributed by atoms with E-state index in [0.29, 0.717) is 0 Å². The third-order valence-corrected chi connectivity index (χ3v) is 4.96. The van der Waals surface area contributed by atoms with Gasteiger partial charge in [-0.2, -0.15) is 11.8 Å². The highest BCUT2D eigenvalue weighted by atomic mass is 32.2. The topological polar surface area (TPSA) is 165 Å². The zero-order valence-electron chi connectivity index (χ0n) is 14.8. The minimum Gasteiger partial charge on any atom is -0.480 e. The van der Waals surface area contributed by atoms with Crippen molar-refractivity contribution in [1.82, 2.24) is 10.6 Å². The fourth-order valence-corrected chi connectivity index (χ4v) is 3.11. The van der Waals surface area contributed by atoms with E-state index < -0.39 is 54.5 Å². The predicted octanol–water partition coefficient (Wildman–Crippen LogP) is -2.46. The first-order chi connectivity index (χ1) is 12.1. The number of likely N-dealkylation sites (N-methyl/N-ethyl adjacent to an activating group) is 1. The van der Waals surface area contributed by atoms with Crippen molar-refractivity contribution >= 4 is 29.4 Å². The van der Waals surface area contributed by atoms with Gasteiger partial charge in [0.05, 0.1) is 12.0 Å². The summed E-state index contributed by atoms with van der Waals surface area (Å²) >= 11 is 1.21. The SMILES string of the molecule is CN[C@@H](C)C(=O)CC(C(=O)N[C@@H](CSC)C(=O)O)C1OC(O)C(O)C1O. The first kappa shape index (κ1) is 22.8. The number of hydrogen-bond acceptors (Lipinski definition) is 9. The summed E-state index contributed by atoms with van der Waals surface area (Å²) in [6, 6.07) is -1.77. The van der Waals surface area contributed by atoms with E-state index in [4.69, 9.17) is 4.74 Å². The van der Waals surface area contributed by atoms with Crippen LogP contribution in [0, 0.1) is 5.92 Å². The monoisotopic (exact) mass is 394 g/mol. The molecule has 1 heterocycles. The van der Waals surface area contributed by atoms with Crippen molar-refractivity contribution in [1.29, 1.82) is 0 Å². The normalized spacial score (nSPS) is 29.0. The molecule has 1 aliphatic rings. The van der Waals surface area contributed by atoms with Crippen LogP contribution in [0.1, 0.15) is 13.3 Å². The number of aliphatic carboxylic acids is 1. The molecule has 0 radical (unpaired) electrons. The molecule has 6 N–H and O–H groups in total. The second-order valence-corrected chi connectivity index (χ2v) is 7.03. The molecule has 5 unspecified atom stereocenters. The number of nitrogens with one attached hydrogen (secondary N) is 2. The van der Waals surface area contributed by atoms with E-state index >= 15 is 0 Å². The number of hydrogen-bond donors (Lipinski definition) is 6. The first-order valence-electron chi connectivity index (χ1n) is 8.05. The second kappa shape index (κ2) is 10.2. The molecule has 0 saturated carbocycles. The van der Waals surface area contributed by atoms with Crippen LogP contribution in [0.25, 0.3) is 0 Å². The molecule has 1 saturated heterocycles. The number of amides is 1. The first-order valence-corrected chi connectivity index (χ1v) is 9.45. The number of Topliss-reactive ketones (excluding diaryl/α,β-unsaturated/α-hetero) is 1. The van der Waals surface area contributed by atoms with Crippen LogP contribution in [0.5, 0.6) is 0 Å². The van der Waals surface area contributed by atoms with Crippen molar-refractivity contribution in [2.45, 2.75) is 50.0 Å². The van der Waals surface area contributed by atoms with Gasteiger partial charge in [-0.25, -0.2) is 4.79 Å². The number of aliphatic hydroxyl groups excluding tert-OH is 3. The van der Waals surface area contributed by atoms with E-state index in [1.807, 2.05) is 0 Å². The molecule has 1 amide bonds. The molecule has 7 atom stereocenters. The Morgan fingerprint density at radius 3 is 2.23 bits per heavy atom. The molecule has 0 aromatic heterocycles. The number of thioether (sulfide) groups is 1. The fourth-order valence-electron chi connectivity index (χ4n) is 2.55. The van der Waals surface area contributed by atoms with E-state index in [1.54, 1.807) is 20.2 Å². The summed E-state index contributed by atoms with van der Waals surface area (Å²) in [6.07, 6.45) is -4.97. The van der Waals surface area contributed by atoms with Crippen molar-refractivity contribution < 1.29 is 39.5 Å². The minimum atomic E-state index is -1.71. The van der Waals surface area contributed by atoms with Crippen molar-refractivity contribution in [3.8, 4) is 0 Å². The van der Waals surface area contributed by atoms with Crippen LogP contribution in [0.3, 0.4) is 0 Å². The minimum absolute atomic E-state index is 0.105. The van der Waals surface area contributed by atoms with E-state index in [9.17, 15) is 34.8 Å². The molecule has 11 heteroatoms. The highest BCUT2D eigenvalue weighted by Gasteiger charge is 2.48. The Balaban J connectivity index is 3.01. The van der Waals surface area contributed by atoms with E-state index in [0.717, 1.165) is 0 Å². The summed E-state index contributed by atoms with van der Waals surface area (Å²) in [5, 5.41) is 43.5. The lowest BCUT2D eigenvalue weighted by Gasteiger charge is -2.26. The summed E-state index contributed by atoms with van der Waals surface area (Å²) in [5.41, 5.74) is 0. The summed E-state index contributed by atoms with van der Waals surface area (Å²) < 4.78 is 5.05. The highest BCUT2D eigenvalue weighted by molar-refractivity contribution is 7.98. The zero-order chi connectivity index (χ0) is 20.0. The van der Waals surface area contributed by atoms with Gasteiger partial charge in [0, 0.05) is 12.2 Å². The van der Waals surface area contributed by atoms with Crippen LogP contribution < -0.4 is 10.6 Å². The average molecular weight is 394 g/mol. The molecule has 0 spiro atoms. The number of carboxylic acids is 1. The zero-order valence-corrected chi connectivity index (χ0v) is 15.6. The van der Waals surface area contributed by atoms with E-state index in [2.05, 4.69) is 10.6 Å². The molecule has 0 aromatic rings. The number of aliphatic hydroxyl groups is 3. The number of carbonyl (C=O) groups excluding carboxylic acids is 2. The number of carboxylic acid groups (broad SMARTS) is 1. The molecule has 0 aliphatic carbocycles. The van der Waals surface area contributed by atoms with Gasteiger partial charge in [0.1, 0.15) is 30.1 Å². The smallest absolute Gasteiger partial charge is 0.327 e. The summed E-state index contributed by atoms with van der Waals surface area (Å²) in [4.78, 5) is 36.1. The lowest BCUT2D eigenvalue weighted by Crippen LogP contribution is -2.51. The van der Waals surface area contributed by atoms with Crippen molar-refractivity contribution in [3.63, 3.8) is 0 Å². The van der Waals surface area contributed by atoms with Gasteiger partial charge in [0.15, 0.2) is 6.29 Å². The lowest BCUT2D eigenvalue weighted by atomic mass is 9.89. The number of ether oxygens (including phenoxy) is 1. The molecule has 1 aliphatic heterocycles. The fraction of sp³-hybridized carbons (Fsp3) is 0.800. The van der Waals surface area contributed by atoms with Gasteiger partial charge in [-0.15, -0.1) is 0 Å². The van der Waals surface area contributed by atoms with Crippen LogP contribution in [-0.2, 0) is 19.1 Å². The Morgan fingerprint density at radius 2 is 1.81 bits per heavy atom. The maximum Gasteiger partial charge on any atom is 0.327 e. The second-order valence-electron chi connectivity index (χ2n) is 6.11. The molecule has 0 aromatic carbocycles. The standard InChI is InChI=1S/C15H26N2O8S/c1-6(16-2)9(18)4-7(12-10(19)11(20)15(24)25-12)13(21)17-8(5-26-3)14(22)23/h6-8,10-12,15-16,19-20,24H,4-5H2,1-3H3,(H,17,21)(H,22,23)/t6-,7?,8-,10?,11?,12?,15?/m0/s1. The van der Waals surface area contributed by atoms with E-state index in [-0.39, 0.29) is 18.0 Å². The van der Waals surface area contributed by atoms with Crippen LogP contribution in [0.2, 0.25) is 0 Å². The Bertz CT molecular complexity index is 520. The van der Waals surface area contributed by atoms with Crippen molar-refractivity contribution in [2.24, 2.45) is 5.92 Å². The van der Waals surface area contributed by atoms with Crippen molar-refractivity contribution in [2.75, 3.05) is 19.1 Å². The molecular formula is C15H26N2O8S. The number of rotatable bonds is 10. The maximum absolute atomic E-state index is 12.6. The van der Waals surface area contributed by atoms with Gasteiger partial charge in [-0.1, -0.05) is 0 Å². The van der Waals surface area contributed by atoms with Crippen LogP contribution in [-0.4, -0.2) is 93.8 Å². The molecule has 1 fully saturated rings. The Kier molecular flexibility index (Phi) is 8.93. The average Bonchev–Trinajstić information content (AvgIpc) is 2.85. The maximum atomic E-state index is 12.6. The molecule has 0 bridgehead atoms. The molecular weight excluding hydrogens is 368 g/mol. The van der Waals surface area contributed by atoms with Gasteiger partial charge in [0.25, 0.3) is 0 Å². The summed E-state index contributed by atoms with van der Waals surface area (Å²) in [6.45, 7) is 1.58. The molecule has 26 heavy (non-hydrogen) atoms. The third-order valence-electron chi connectivity index (χ3n) is 4.29. The van der Waals surface area contributed by atoms with Gasteiger partial charge in [-0.05, 0) is 20.2 Å². The van der Waals surface area contributed by atoms with Crippen LogP contribution >= 0.6 is 11.8 Å². The number of carbonyl (C=O) groups is 3. The Morgan fingerprint density at radius 1 is 1.19 bits per heavy atom. The van der Waals surface area contributed by atoms with Gasteiger partial charge in [0.2, 0.25) is 5.91 Å². The van der Waals surface area contributed by atoms with Gasteiger partial charge >= 0.3 is 5.97 Å². The predicted molar refractivity (Wildman–Crippen MR) is 92.5 cm³/mol. The van der Waals surface area contributed by atoms with Crippen LogP contribution in [0.4, 0.5) is 0 Å². The summed E-state index contributed by atoms with van der Waals surface area (Å²) in [5.74, 6) is -3.59. The molecule has 10 nitrogen and oxygen atoms in total.